The van der Waals surface area contributed by atoms with Gasteiger partial charge in [-0.3, -0.25) is 9.48 Å². The standard InChI is InChI=1S/C20H24N4O3/c1-5-24-11-16(10-22-24)9-21-20(25)19-17(15(4)27-23-19)12-26-18-7-6-13(2)8-14(18)3/h6-8,10-11H,5,9,12H2,1-4H3,(H,21,25). The topological polar surface area (TPSA) is 82.2 Å². The lowest BCUT2D eigenvalue weighted by Gasteiger charge is -2.10. The number of aromatic nitrogens is 3. The number of amides is 1. The van der Waals surface area contributed by atoms with E-state index >= 15 is 0 Å². The zero-order valence-electron chi connectivity index (χ0n) is 16.1. The van der Waals surface area contributed by atoms with Crippen LogP contribution in [0.1, 0.15) is 45.4 Å². The van der Waals surface area contributed by atoms with E-state index in [4.69, 9.17) is 9.26 Å². The number of nitrogens with zero attached hydrogens (tertiary/aromatic N) is 3. The van der Waals surface area contributed by atoms with Crippen LogP contribution in [0.3, 0.4) is 0 Å². The molecule has 0 bridgehead atoms. The van der Waals surface area contributed by atoms with Crippen LogP contribution in [0, 0.1) is 20.8 Å². The van der Waals surface area contributed by atoms with Crippen LogP contribution in [0.4, 0.5) is 0 Å². The van der Waals surface area contributed by atoms with E-state index in [0.717, 1.165) is 23.4 Å². The van der Waals surface area contributed by atoms with E-state index in [-0.39, 0.29) is 18.2 Å². The van der Waals surface area contributed by atoms with Crippen molar-refractivity contribution in [2.24, 2.45) is 0 Å². The molecule has 1 aromatic carbocycles. The lowest BCUT2D eigenvalue weighted by Crippen LogP contribution is -2.24. The second kappa shape index (κ2) is 8.07. The summed E-state index contributed by atoms with van der Waals surface area (Å²) in [5.41, 5.74) is 4.05. The molecule has 2 heterocycles. The lowest BCUT2D eigenvalue weighted by atomic mass is 10.1. The smallest absolute Gasteiger partial charge is 0.274 e. The van der Waals surface area contributed by atoms with Crippen LogP contribution < -0.4 is 10.1 Å². The minimum atomic E-state index is -0.296. The largest absolute Gasteiger partial charge is 0.488 e. The highest BCUT2D eigenvalue weighted by atomic mass is 16.5. The maximum absolute atomic E-state index is 12.5. The fourth-order valence-corrected chi connectivity index (χ4v) is 2.79. The molecule has 7 heteroatoms. The Hall–Kier alpha value is -3.09. The molecule has 0 fully saturated rings. The summed E-state index contributed by atoms with van der Waals surface area (Å²) >= 11 is 0. The lowest BCUT2D eigenvalue weighted by molar-refractivity contribution is 0.0939. The monoisotopic (exact) mass is 368 g/mol. The van der Waals surface area contributed by atoms with Crippen molar-refractivity contribution in [1.29, 1.82) is 0 Å². The Kier molecular flexibility index (Phi) is 5.59. The number of benzene rings is 1. The first-order valence-electron chi connectivity index (χ1n) is 8.92. The van der Waals surface area contributed by atoms with Crippen LogP contribution in [0.25, 0.3) is 0 Å². The molecule has 27 heavy (non-hydrogen) atoms. The van der Waals surface area contributed by atoms with Gasteiger partial charge >= 0.3 is 0 Å². The third kappa shape index (κ3) is 4.36. The summed E-state index contributed by atoms with van der Waals surface area (Å²) in [7, 11) is 0. The molecular weight excluding hydrogens is 344 g/mol. The van der Waals surface area contributed by atoms with Gasteiger partial charge in [0.25, 0.3) is 5.91 Å². The first-order valence-corrected chi connectivity index (χ1v) is 8.92. The minimum absolute atomic E-state index is 0.218. The molecule has 1 N–H and O–H groups in total. The van der Waals surface area contributed by atoms with Gasteiger partial charge in [-0.05, 0) is 39.3 Å². The summed E-state index contributed by atoms with van der Waals surface area (Å²) in [5.74, 6) is 1.05. The molecule has 0 unspecified atom stereocenters. The van der Waals surface area contributed by atoms with E-state index < -0.39 is 0 Å². The Balaban J connectivity index is 1.67. The maximum Gasteiger partial charge on any atom is 0.274 e. The average molecular weight is 368 g/mol. The maximum atomic E-state index is 12.5. The molecule has 2 aromatic heterocycles. The Morgan fingerprint density at radius 3 is 2.81 bits per heavy atom. The van der Waals surface area contributed by atoms with E-state index in [1.807, 2.05) is 43.8 Å². The van der Waals surface area contributed by atoms with Gasteiger partial charge in [0.05, 0.1) is 11.8 Å². The predicted molar refractivity (Wildman–Crippen MR) is 101 cm³/mol. The number of hydrogen-bond donors (Lipinski definition) is 1. The van der Waals surface area contributed by atoms with Gasteiger partial charge in [-0.25, -0.2) is 0 Å². The van der Waals surface area contributed by atoms with Crippen LogP contribution in [-0.4, -0.2) is 20.8 Å². The van der Waals surface area contributed by atoms with Crippen molar-refractivity contribution < 1.29 is 14.1 Å². The van der Waals surface area contributed by atoms with Gasteiger partial charge in [0.1, 0.15) is 18.1 Å². The fourth-order valence-electron chi connectivity index (χ4n) is 2.79. The van der Waals surface area contributed by atoms with Gasteiger partial charge in [-0.1, -0.05) is 22.9 Å². The van der Waals surface area contributed by atoms with Gasteiger partial charge in [-0.15, -0.1) is 0 Å². The number of rotatable bonds is 7. The molecular formula is C20H24N4O3. The van der Waals surface area contributed by atoms with Gasteiger partial charge in [0.15, 0.2) is 5.69 Å². The predicted octanol–water partition coefficient (Wildman–Crippen LogP) is 3.33. The molecule has 0 radical (unpaired) electrons. The number of carbonyl (C=O) groups excluding carboxylic acids is 1. The molecule has 7 nitrogen and oxygen atoms in total. The van der Waals surface area contributed by atoms with Crippen LogP contribution in [0.2, 0.25) is 0 Å². The summed E-state index contributed by atoms with van der Waals surface area (Å²) in [6.07, 6.45) is 3.64. The molecule has 0 aliphatic carbocycles. The summed E-state index contributed by atoms with van der Waals surface area (Å²) in [4.78, 5) is 12.5. The number of carbonyl (C=O) groups is 1. The molecule has 0 saturated carbocycles. The third-order valence-corrected chi connectivity index (χ3v) is 4.37. The highest BCUT2D eigenvalue weighted by Gasteiger charge is 2.20. The van der Waals surface area contributed by atoms with Crippen molar-refractivity contribution >= 4 is 5.91 Å². The minimum Gasteiger partial charge on any atom is -0.488 e. The van der Waals surface area contributed by atoms with Crippen LogP contribution in [-0.2, 0) is 19.7 Å². The Morgan fingerprint density at radius 2 is 2.11 bits per heavy atom. The Bertz CT molecular complexity index is 943. The number of nitrogens with one attached hydrogen (secondary N) is 1. The normalized spacial score (nSPS) is 10.8. The summed E-state index contributed by atoms with van der Waals surface area (Å²) in [6.45, 7) is 9.19. The zero-order valence-corrected chi connectivity index (χ0v) is 16.1. The Morgan fingerprint density at radius 1 is 1.30 bits per heavy atom. The Labute approximate surface area is 158 Å². The highest BCUT2D eigenvalue weighted by Crippen LogP contribution is 2.22. The van der Waals surface area contributed by atoms with Gasteiger partial charge < -0.3 is 14.6 Å². The van der Waals surface area contributed by atoms with E-state index in [9.17, 15) is 4.79 Å². The second-order valence-electron chi connectivity index (χ2n) is 6.51. The SMILES string of the molecule is CCn1cc(CNC(=O)c2noc(C)c2COc2ccc(C)cc2C)cn1. The van der Waals surface area contributed by atoms with Crippen molar-refractivity contribution in [2.45, 2.75) is 47.4 Å². The molecule has 0 spiro atoms. The van der Waals surface area contributed by atoms with Crippen molar-refractivity contribution in [3.05, 3.63) is 64.3 Å². The van der Waals surface area contributed by atoms with Gasteiger partial charge in [0, 0.05) is 24.8 Å². The molecule has 0 aliphatic heterocycles. The molecule has 142 valence electrons. The van der Waals surface area contributed by atoms with Crippen molar-refractivity contribution in [1.82, 2.24) is 20.3 Å². The van der Waals surface area contributed by atoms with E-state index in [0.29, 0.717) is 17.9 Å². The van der Waals surface area contributed by atoms with Crippen molar-refractivity contribution in [3.8, 4) is 5.75 Å². The average Bonchev–Trinajstić information content (AvgIpc) is 3.25. The molecule has 0 aliphatic rings. The van der Waals surface area contributed by atoms with E-state index in [1.165, 1.54) is 5.56 Å². The number of aryl methyl sites for hydroxylation is 4. The van der Waals surface area contributed by atoms with Crippen LogP contribution in [0.5, 0.6) is 5.75 Å². The van der Waals surface area contributed by atoms with E-state index in [1.54, 1.807) is 13.1 Å². The van der Waals surface area contributed by atoms with Crippen molar-refractivity contribution in [3.63, 3.8) is 0 Å². The first kappa shape index (κ1) is 18.7. The van der Waals surface area contributed by atoms with E-state index in [2.05, 4.69) is 21.6 Å². The fraction of sp³-hybridized carbons (Fsp3) is 0.350. The second-order valence-corrected chi connectivity index (χ2v) is 6.51. The molecule has 0 saturated heterocycles. The highest BCUT2D eigenvalue weighted by molar-refractivity contribution is 5.93. The molecule has 1 amide bonds. The summed E-state index contributed by atoms with van der Waals surface area (Å²) in [6, 6.07) is 5.98. The number of ether oxygens (including phenoxy) is 1. The summed E-state index contributed by atoms with van der Waals surface area (Å²) < 4.78 is 12.9. The summed E-state index contributed by atoms with van der Waals surface area (Å²) in [5, 5.41) is 11.0. The van der Waals surface area contributed by atoms with Crippen LogP contribution in [0.15, 0.2) is 35.1 Å². The zero-order chi connectivity index (χ0) is 19.4. The van der Waals surface area contributed by atoms with Crippen molar-refractivity contribution in [2.75, 3.05) is 0 Å². The van der Waals surface area contributed by atoms with Gasteiger partial charge in [-0.2, -0.15) is 5.10 Å². The van der Waals surface area contributed by atoms with Gasteiger partial charge in [0.2, 0.25) is 0 Å². The molecule has 3 rings (SSSR count). The quantitative estimate of drug-likeness (QED) is 0.692. The number of hydrogen-bond acceptors (Lipinski definition) is 5. The first-order chi connectivity index (χ1) is 13.0. The molecule has 3 aromatic rings. The molecule has 0 atom stereocenters. The van der Waals surface area contributed by atoms with Crippen LogP contribution >= 0.6 is 0 Å². The third-order valence-electron chi connectivity index (χ3n) is 4.37.